The predicted octanol–water partition coefficient (Wildman–Crippen LogP) is 3.81. The summed E-state index contributed by atoms with van der Waals surface area (Å²) in [6, 6.07) is 8.61. The van der Waals surface area contributed by atoms with Crippen LogP contribution < -0.4 is 15.0 Å². The van der Waals surface area contributed by atoms with Gasteiger partial charge in [-0.25, -0.2) is 0 Å². The molecule has 0 aromatic heterocycles. The van der Waals surface area contributed by atoms with Crippen molar-refractivity contribution >= 4 is 23.0 Å². The number of carbonyl (C=O) groups is 1. The minimum atomic E-state index is -4.86. The zero-order valence-corrected chi connectivity index (χ0v) is 13.7. The summed E-state index contributed by atoms with van der Waals surface area (Å²) in [7, 11) is 3.24. The van der Waals surface area contributed by atoms with E-state index in [4.69, 9.17) is 0 Å². The topological polar surface area (TPSA) is 84.7 Å². The fourth-order valence-electron chi connectivity index (χ4n) is 2.16. The van der Waals surface area contributed by atoms with Crippen molar-refractivity contribution in [1.82, 2.24) is 0 Å². The van der Waals surface area contributed by atoms with Crippen LogP contribution in [0.2, 0.25) is 0 Å². The maximum absolute atomic E-state index is 12.3. The Morgan fingerprint density at radius 3 is 2.46 bits per heavy atom. The number of alkyl halides is 3. The van der Waals surface area contributed by atoms with Gasteiger partial charge in [0.25, 0.3) is 11.6 Å². The number of nitro benzene ring substituents is 1. The Bertz CT molecular complexity index is 838. The molecule has 0 radical (unpaired) electrons. The fraction of sp³-hybridized carbons (Fsp3) is 0.188. The van der Waals surface area contributed by atoms with E-state index in [0.29, 0.717) is 5.69 Å². The standard InChI is InChI=1S/C16H14F3N3O4/c1-21(2)13-7-6-10(8-14(13)22(24)25)15(23)20-11-4-3-5-12(9-11)26-16(17,18)19/h3-9H,1-2H3,(H,20,23). The van der Waals surface area contributed by atoms with Crippen LogP contribution in [-0.2, 0) is 0 Å². The molecule has 26 heavy (non-hydrogen) atoms. The summed E-state index contributed by atoms with van der Waals surface area (Å²) in [4.78, 5) is 24.3. The van der Waals surface area contributed by atoms with E-state index in [1.54, 1.807) is 14.1 Å². The highest BCUT2D eigenvalue weighted by Crippen LogP contribution is 2.29. The number of carbonyl (C=O) groups excluding carboxylic acids is 1. The van der Waals surface area contributed by atoms with Gasteiger partial charge in [0.15, 0.2) is 0 Å². The lowest BCUT2D eigenvalue weighted by Gasteiger charge is -2.14. The average molecular weight is 369 g/mol. The van der Waals surface area contributed by atoms with E-state index in [1.165, 1.54) is 29.2 Å². The van der Waals surface area contributed by atoms with Crippen molar-refractivity contribution < 1.29 is 27.6 Å². The first-order chi connectivity index (χ1) is 12.1. The second-order valence-electron chi connectivity index (χ2n) is 5.38. The molecule has 0 atom stereocenters. The highest BCUT2D eigenvalue weighted by Gasteiger charge is 2.31. The smallest absolute Gasteiger partial charge is 0.406 e. The summed E-state index contributed by atoms with van der Waals surface area (Å²) in [5, 5.41) is 13.5. The molecule has 0 saturated heterocycles. The third-order valence-electron chi connectivity index (χ3n) is 3.24. The number of rotatable bonds is 5. The SMILES string of the molecule is CN(C)c1ccc(C(=O)Nc2cccc(OC(F)(F)F)c2)cc1[N+](=O)[O-]. The van der Waals surface area contributed by atoms with Gasteiger partial charge in [-0.3, -0.25) is 14.9 Å². The number of hydrogen-bond donors (Lipinski definition) is 1. The van der Waals surface area contributed by atoms with Crippen molar-refractivity contribution in [3.8, 4) is 5.75 Å². The Hall–Kier alpha value is -3.30. The Morgan fingerprint density at radius 1 is 1.19 bits per heavy atom. The highest BCUT2D eigenvalue weighted by atomic mass is 19.4. The molecule has 0 saturated carbocycles. The first kappa shape index (κ1) is 19.0. The van der Waals surface area contributed by atoms with Crippen LogP contribution in [0, 0.1) is 10.1 Å². The van der Waals surface area contributed by atoms with Gasteiger partial charge in [-0.05, 0) is 24.3 Å². The molecule has 2 rings (SSSR count). The summed E-state index contributed by atoms with van der Waals surface area (Å²) in [5.74, 6) is -1.20. The highest BCUT2D eigenvalue weighted by molar-refractivity contribution is 6.05. The van der Waals surface area contributed by atoms with Crippen LogP contribution >= 0.6 is 0 Å². The molecule has 138 valence electrons. The Balaban J connectivity index is 2.24. The van der Waals surface area contributed by atoms with E-state index < -0.39 is 22.9 Å². The molecule has 10 heteroatoms. The van der Waals surface area contributed by atoms with Gasteiger partial charge in [0.1, 0.15) is 11.4 Å². The van der Waals surface area contributed by atoms with Gasteiger partial charge in [0, 0.05) is 37.5 Å². The van der Waals surface area contributed by atoms with E-state index >= 15 is 0 Å². The molecule has 0 fully saturated rings. The second-order valence-corrected chi connectivity index (χ2v) is 5.38. The van der Waals surface area contributed by atoms with Gasteiger partial charge in [0.05, 0.1) is 4.92 Å². The number of nitrogens with one attached hydrogen (secondary N) is 1. The van der Waals surface area contributed by atoms with Crippen LogP contribution in [0.15, 0.2) is 42.5 Å². The second kappa shape index (κ2) is 7.30. The molecule has 2 aromatic carbocycles. The summed E-state index contributed by atoms with van der Waals surface area (Å²) < 4.78 is 40.5. The molecular formula is C16H14F3N3O4. The van der Waals surface area contributed by atoms with Gasteiger partial charge in [-0.1, -0.05) is 6.07 Å². The van der Waals surface area contributed by atoms with E-state index in [1.807, 2.05) is 0 Å². The van der Waals surface area contributed by atoms with E-state index in [0.717, 1.165) is 18.2 Å². The summed E-state index contributed by atoms with van der Waals surface area (Å²) in [6.45, 7) is 0. The first-order valence-electron chi connectivity index (χ1n) is 7.20. The largest absolute Gasteiger partial charge is 0.573 e. The lowest BCUT2D eigenvalue weighted by Crippen LogP contribution is -2.17. The fourth-order valence-corrected chi connectivity index (χ4v) is 2.16. The predicted molar refractivity (Wildman–Crippen MR) is 88.5 cm³/mol. The number of ether oxygens (including phenoxy) is 1. The van der Waals surface area contributed by atoms with Crippen LogP contribution in [0.3, 0.4) is 0 Å². The normalized spacial score (nSPS) is 11.0. The third kappa shape index (κ3) is 4.85. The van der Waals surface area contributed by atoms with Crippen LogP contribution in [0.1, 0.15) is 10.4 Å². The maximum atomic E-state index is 12.3. The van der Waals surface area contributed by atoms with Crippen LogP contribution in [0.25, 0.3) is 0 Å². The van der Waals surface area contributed by atoms with Crippen molar-refractivity contribution in [1.29, 1.82) is 0 Å². The molecule has 0 heterocycles. The summed E-state index contributed by atoms with van der Waals surface area (Å²) in [5.41, 5.74) is 0.0875. The molecule has 0 bridgehead atoms. The Labute approximate surface area is 146 Å². The zero-order chi connectivity index (χ0) is 19.5. The van der Waals surface area contributed by atoms with Crippen LogP contribution in [-0.4, -0.2) is 31.3 Å². The summed E-state index contributed by atoms with van der Waals surface area (Å²) in [6.07, 6.45) is -4.86. The number of benzene rings is 2. The zero-order valence-electron chi connectivity index (χ0n) is 13.7. The van der Waals surface area contributed by atoms with Gasteiger partial charge in [-0.15, -0.1) is 13.2 Å². The molecular weight excluding hydrogens is 355 g/mol. The molecule has 0 unspecified atom stereocenters. The third-order valence-corrected chi connectivity index (χ3v) is 3.24. The molecule has 1 N–H and O–H groups in total. The number of amides is 1. The molecule has 0 spiro atoms. The number of nitro groups is 1. The van der Waals surface area contributed by atoms with Crippen LogP contribution in [0.5, 0.6) is 5.75 Å². The molecule has 1 amide bonds. The van der Waals surface area contributed by atoms with Gasteiger partial charge in [0.2, 0.25) is 0 Å². The van der Waals surface area contributed by atoms with Crippen molar-refractivity contribution in [3.05, 3.63) is 58.1 Å². The van der Waals surface area contributed by atoms with E-state index in [-0.39, 0.29) is 16.9 Å². The maximum Gasteiger partial charge on any atom is 0.573 e. The molecule has 2 aromatic rings. The lowest BCUT2D eigenvalue weighted by atomic mass is 10.1. The minimum Gasteiger partial charge on any atom is -0.406 e. The van der Waals surface area contributed by atoms with Gasteiger partial charge >= 0.3 is 6.36 Å². The molecule has 0 aliphatic carbocycles. The number of anilines is 2. The van der Waals surface area contributed by atoms with Crippen molar-refractivity contribution in [2.45, 2.75) is 6.36 Å². The minimum absolute atomic E-state index is 0.00978. The van der Waals surface area contributed by atoms with Crippen molar-refractivity contribution in [2.75, 3.05) is 24.3 Å². The van der Waals surface area contributed by atoms with Crippen molar-refractivity contribution in [3.63, 3.8) is 0 Å². The number of hydrogen-bond acceptors (Lipinski definition) is 5. The first-order valence-corrected chi connectivity index (χ1v) is 7.20. The number of nitrogens with zero attached hydrogens (tertiary/aromatic N) is 2. The van der Waals surface area contributed by atoms with Crippen LogP contribution in [0.4, 0.5) is 30.2 Å². The van der Waals surface area contributed by atoms with Gasteiger partial charge in [-0.2, -0.15) is 0 Å². The Morgan fingerprint density at radius 2 is 1.88 bits per heavy atom. The Kier molecular flexibility index (Phi) is 5.34. The van der Waals surface area contributed by atoms with Crippen molar-refractivity contribution in [2.24, 2.45) is 0 Å². The average Bonchev–Trinajstić information content (AvgIpc) is 2.52. The van der Waals surface area contributed by atoms with Gasteiger partial charge < -0.3 is 15.0 Å². The quantitative estimate of drug-likeness (QED) is 0.640. The lowest BCUT2D eigenvalue weighted by molar-refractivity contribution is -0.384. The molecule has 0 aliphatic heterocycles. The number of halogens is 3. The van der Waals surface area contributed by atoms with E-state index in [9.17, 15) is 28.1 Å². The summed E-state index contributed by atoms with van der Waals surface area (Å²) >= 11 is 0. The molecule has 0 aliphatic rings. The monoisotopic (exact) mass is 369 g/mol. The van der Waals surface area contributed by atoms with E-state index in [2.05, 4.69) is 10.1 Å². The molecule has 7 nitrogen and oxygen atoms in total.